The van der Waals surface area contributed by atoms with Gasteiger partial charge in [-0.3, -0.25) is 19.6 Å². The molecule has 3 amide bonds. The van der Waals surface area contributed by atoms with Gasteiger partial charge in [0.05, 0.1) is 6.61 Å². The second kappa shape index (κ2) is 9.29. The fourth-order valence-electron chi connectivity index (χ4n) is 1.91. The number of amides is 3. The third kappa shape index (κ3) is 4.81. The maximum atomic E-state index is 12.4. The Morgan fingerprint density at radius 1 is 1.21 bits per heavy atom. The van der Waals surface area contributed by atoms with Crippen molar-refractivity contribution in [3.63, 3.8) is 0 Å². The third-order valence-electron chi connectivity index (χ3n) is 3.16. The molecule has 128 valence electrons. The average molecular weight is 333 g/mol. The van der Waals surface area contributed by atoms with E-state index in [2.05, 4.69) is 17.2 Å². The van der Waals surface area contributed by atoms with Crippen molar-refractivity contribution in [2.24, 2.45) is 0 Å². The van der Waals surface area contributed by atoms with E-state index in [-0.39, 0.29) is 12.2 Å². The largest absolute Gasteiger partial charge is 0.395 e. The first kappa shape index (κ1) is 19.2. The van der Waals surface area contributed by atoms with E-state index < -0.39 is 23.8 Å². The van der Waals surface area contributed by atoms with E-state index in [0.29, 0.717) is 12.0 Å². The lowest BCUT2D eigenvalue weighted by atomic mass is 10.1. The van der Waals surface area contributed by atoms with Gasteiger partial charge in [0.25, 0.3) is 17.7 Å². The molecule has 0 saturated heterocycles. The van der Waals surface area contributed by atoms with Crippen LogP contribution in [0.1, 0.15) is 22.3 Å². The summed E-state index contributed by atoms with van der Waals surface area (Å²) in [5.74, 6) is 3.26. The van der Waals surface area contributed by atoms with Gasteiger partial charge in [0.2, 0.25) is 0 Å². The second-order valence-corrected chi connectivity index (χ2v) is 4.76. The quantitative estimate of drug-likeness (QED) is 0.241. The van der Waals surface area contributed by atoms with Crippen molar-refractivity contribution < 1.29 is 24.7 Å². The maximum absolute atomic E-state index is 12.4. The molecule has 0 aliphatic rings. The smallest absolute Gasteiger partial charge is 0.275 e. The van der Waals surface area contributed by atoms with Crippen LogP contribution in [0.15, 0.2) is 24.3 Å². The van der Waals surface area contributed by atoms with E-state index in [1.165, 1.54) is 31.7 Å². The molecule has 1 aromatic rings. The Balaban J connectivity index is 2.97. The molecular formula is C16H19N3O5. The number of benzene rings is 1. The number of hydrogen-bond donors (Lipinski definition) is 4. The van der Waals surface area contributed by atoms with Crippen molar-refractivity contribution in [2.45, 2.75) is 12.5 Å². The van der Waals surface area contributed by atoms with Crippen LogP contribution >= 0.6 is 0 Å². The van der Waals surface area contributed by atoms with Crippen molar-refractivity contribution >= 4 is 17.7 Å². The molecule has 24 heavy (non-hydrogen) atoms. The molecule has 0 radical (unpaired) electrons. The Bertz CT molecular complexity index is 645. The molecule has 0 bridgehead atoms. The molecule has 4 N–H and O–H groups in total. The predicted octanol–water partition coefficient (Wildman–Crippen LogP) is -0.887. The Kier molecular flexibility index (Phi) is 7.42. The van der Waals surface area contributed by atoms with Crippen LogP contribution < -0.4 is 10.8 Å². The fourth-order valence-corrected chi connectivity index (χ4v) is 1.91. The van der Waals surface area contributed by atoms with Crippen LogP contribution in [0, 0.1) is 11.8 Å². The summed E-state index contributed by atoms with van der Waals surface area (Å²) in [4.78, 5) is 36.8. The van der Waals surface area contributed by atoms with Gasteiger partial charge in [-0.2, -0.15) is 0 Å². The van der Waals surface area contributed by atoms with Gasteiger partial charge in [-0.1, -0.05) is 11.8 Å². The summed E-state index contributed by atoms with van der Waals surface area (Å²) in [6.07, 6.45) is 0.355. The number of carbonyl (C=O) groups excluding carboxylic acids is 3. The Labute approximate surface area is 139 Å². The number of hydrogen-bond acceptors (Lipinski definition) is 5. The first-order valence-corrected chi connectivity index (χ1v) is 7.08. The molecule has 1 atom stereocenters. The fraction of sp³-hybridized carbons (Fsp3) is 0.312. The van der Waals surface area contributed by atoms with Crippen LogP contribution in [-0.2, 0) is 9.59 Å². The predicted molar refractivity (Wildman–Crippen MR) is 84.9 cm³/mol. The van der Waals surface area contributed by atoms with Gasteiger partial charge in [-0.05, 0) is 24.3 Å². The molecule has 1 rings (SSSR count). The van der Waals surface area contributed by atoms with E-state index >= 15 is 0 Å². The molecule has 1 unspecified atom stereocenters. The van der Waals surface area contributed by atoms with Crippen LogP contribution in [-0.4, -0.2) is 59.7 Å². The van der Waals surface area contributed by atoms with Gasteiger partial charge >= 0.3 is 0 Å². The zero-order chi connectivity index (χ0) is 18.1. The zero-order valence-electron chi connectivity index (χ0n) is 13.4. The highest BCUT2D eigenvalue weighted by molar-refractivity contribution is 6.08. The summed E-state index contributed by atoms with van der Waals surface area (Å²) in [5, 5.41) is 19.7. The van der Waals surface area contributed by atoms with E-state index in [1.54, 1.807) is 12.1 Å². The van der Waals surface area contributed by atoms with E-state index in [1.807, 2.05) is 0 Å². The van der Waals surface area contributed by atoms with Gasteiger partial charge in [-0.25, -0.2) is 5.48 Å². The molecule has 0 spiro atoms. The monoisotopic (exact) mass is 333 g/mol. The van der Waals surface area contributed by atoms with Crippen LogP contribution in [0.5, 0.6) is 0 Å². The summed E-state index contributed by atoms with van der Waals surface area (Å²) in [7, 11) is 2.60. The van der Waals surface area contributed by atoms with Crippen molar-refractivity contribution in [3.05, 3.63) is 35.4 Å². The summed E-state index contributed by atoms with van der Waals surface area (Å²) in [6.45, 7) is -0.0256. The number of aliphatic hydroxyl groups excluding tert-OH is 1. The lowest BCUT2D eigenvalue weighted by molar-refractivity contribution is -0.140. The summed E-state index contributed by atoms with van der Waals surface area (Å²) >= 11 is 0. The molecule has 8 nitrogen and oxygen atoms in total. The lowest BCUT2D eigenvalue weighted by Crippen LogP contribution is -2.54. The highest BCUT2D eigenvalue weighted by Gasteiger charge is 2.33. The van der Waals surface area contributed by atoms with Crippen molar-refractivity contribution in [2.75, 3.05) is 20.7 Å². The van der Waals surface area contributed by atoms with E-state index in [4.69, 9.17) is 10.3 Å². The zero-order valence-corrected chi connectivity index (χ0v) is 13.4. The number of rotatable bonds is 5. The van der Waals surface area contributed by atoms with Crippen molar-refractivity contribution in [1.82, 2.24) is 15.7 Å². The molecule has 1 aromatic carbocycles. The van der Waals surface area contributed by atoms with Gasteiger partial charge in [0.1, 0.15) is 0 Å². The van der Waals surface area contributed by atoms with Crippen LogP contribution in [0.2, 0.25) is 0 Å². The number of hydroxylamine groups is 1. The first-order chi connectivity index (χ1) is 11.5. The van der Waals surface area contributed by atoms with Gasteiger partial charge in [0, 0.05) is 31.6 Å². The second-order valence-electron chi connectivity index (χ2n) is 4.76. The van der Waals surface area contributed by atoms with Crippen LogP contribution in [0.25, 0.3) is 0 Å². The van der Waals surface area contributed by atoms with Crippen LogP contribution in [0.4, 0.5) is 0 Å². The molecule has 0 heterocycles. The van der Waals surface area contributed by atoms with E-state index in [0.717, 1.165) is 4.90 Å². The molecular weight excluding hydrogens is 314 g/mol. The summed E-state index contributed by atoms with van der Waals surface area (Å²) < 4.78 is 0. The molecule has 8 heteroatoms. The highest BCUT2D eigenvalue weighted by atomic mass is 16.5. The van der Waals surface area contributed by atoms with Gasteiger partial charge in [0.15, 0.2) is 6.04 Å². The van der Waals surface area contributed by atoms with Crippen molar-refractivity contribution in [3.8, 4) is 11.8 Å². The lowest BCUT2D eigenvalue weighted by Gasteiger charge is -2.25. The van der Waals surface area contributed by atoms with Gasteiger partial charge in [-0.15, -0.1) is 0 Å². The summed E-state index contributed by atoms with van der Waals surface area (Å²) in [6, 6.07) is 4.76. The summed E-state index contributed by atoms with van der Waals surface area (Å²) in [5.41, 5.74) is 2.29. The Hall–Kier alpha value is -2.89. The average Bonchev–Trinajstić information content (AvgIpc) is 2.61. The number of likely N-dealkylation sites (N-methyl/N-ethyl adjacent to an activating group) is 2. The Morgan fingerprint density at radius 2 is 1.83 bits per heavy atom. The normalized spacial score (nSPS) is 10.8. The van der Waals surface area contributed by atoms with E-state index in [9.17, 15) is 14.4 Å². The third-order valence-corrected chi connectivity index (χ3v) is 3.16. The number of nitrogens with zero attached hydrogens (tertiary/aromatic N) is 1. The number of carbonyl (C=O) groups is 3. The standard InChI is InChI=1S/C16H19N3O5/c1-17-14(21)13(15(22)18-24)19(2)16(23)12-8-6-11(7-9-12)5-3-4-10-20/h6-9,13,20,24H,4,10H2,1-2H3,(H,17,21)(H,18,22). The molecule has 0 aromatic heterocycles. The topological polar surface area (TPSA) is 119 Å². The highest BCUT2D eigenvalue weighted by Crippen LogP contribution is 2.09. The molecule has 0 fully saturated rings. The first-order valence-electron chi connectivity index (χ1n) is 7.08. The molecule has 0 saturated carbocycles. The molecule has 0 aliphatic carbocycles. The SMILES string of the molecule is CNC(=O)C(C(=O)NO)N(C)C(=O)c1ccc(C#CCCO)cc1. The number of nitrogens with one attached hydrogen (secondary N) is 2. The van der Waals surface area contributed by atoms with Crippen LogP contribution in [0.3, 0.4) is 0 Å². The Morgan fingerprint density at radius 3 is 2.33 bits per heavy atom. The minimum Gasteiger partial charge on any atom is -0.395 e. The molecule has 0 aliphatic heterocycles. The van der Waals surface area contributed by atoms with Gasteiger partial charge < -0.3 is 15.3 Å². The minimum atomic E-state index is -1.50. The van der Waals surface area contributed by atoms with Crippen molar-refractivity contribution in [1.29, 1.82) is 0 Å². The minimum absolute atomic E-state index is 0.0256. The number of aliphatic hydroxyl groups is 1. The maximum Gasteiger partial charge on any atom is 0.275 e.